The van der Waals surface area contributed by atoms with E-state index < -0.39 is 0 Å². The quantitative estimate of drug-likeness (QED) is 0.634. The fourth-order valence-electron chi connectivity index (χ4n) is 2.87. The molecule has 3 rings (SSSR count). The first-order valence-corrected chi connectivity index (χ1v) is 7.42. The summed E-state index contributed by atoms with van der Waals surface area (Å²) in [7, 11) is 0. The van der Waals surface area contributed by atoms with Crippen molar-refractivity contribution < 1.29 is 9.59 Å². The third-order valence-electron chi connectivity index (χ3n) is 4.19. The third-order valence-corrected chi connectivity index (χ3v) is 4.19. The zero-order valence-electron chi connectivity index (χ0n) is 13.0. The molecular formula is C18H16N2O3. The number of nitroso groups, excluding NO2 is 1. The Kier molecular flexibility index (Phi) is 3.78. The van der Waals surface area contributed by atoms with Crippen LogP contribution in [0.5, 0.6) is 0 Å². The Balaban J connectivity index is 2.20. The number of rotatable bonds is 3. The van der Waals surface area contributed by atoms with Gasteiger partial charge in [0.25, 0.3) is 0 Å². The summed E-state index contributed by atoms with van der Waals surface area (Å²) < 4.78 is 0. The summed E-state index contributed by atoms with van der Waals surface area (Å²) >= 11 is 0. The highest BCUT2D eigenvalue weighted by Crippen LogP contribution is 2.37. The van der Waals surface area contributed by atoms with E-state index in [9.17, 15) is 14.5 Å². The van der Waals surface area contributed by atoms with Gasteiger partial charge in [-0.15, -0.1) is 4.91 Å². The van der Waals surface area contributed by atoms with Crippen molar-refractivity contribution in [1.29, 1.82) is 0 Å². The van der Waals surface area contributed by atoms with Crippen molar-refractivity contribution in [3.63, 3.8) is 0 Å². The summed E-state index contributed by atoms with van der Waals surface area (Å²) in [6.07, 6.45) is 1.48. The molecule has 116 valence electrons. The summed E-state index contributed by atoms with van der Waals surface area (Å²) in [6, 6.07) is 10.6. The van der Waals surface area contributed by atoms with Crippen LogP contribution in [0.4, 0.5) is 11.4 Å². The van der Waals surface area contributed by atoms with E-state index in [0.29, 0.717) is 22.5 Å². The van der Waals surface area contributed by atoms with Crippen LogP contribution in [0.3, 0.4) is 0 Å². The highest BCUT2D eigenvalue weighted by Gasteiger charge is 2.23. The monoisotopic (exact) mass is 308 g/mol. The lowest BCUT2D eigenvalue weighted by Gasteiger charge is -2.19. The van der Waals surface area contributed by atoms with Crippen molar-refractivity contribution in [1.82, 2.24) is 0 Å². The molecule has 0 saturated carbocycles. The van der Waals surface area contributed by atoms with E-state index in [1.807, 2.05) is 12.1 Å². The van der Waals surface area contributed by atoms with E-state index in [1.54, 1.807) is 24.3 Å². The highest BCUT2D eigenvalue weighted by atomic mass is 16.3. The number of nitrogens with zero attached hydrogens (tertiary/aromatic N) is 2. The highest BCUT2D eigenvalue weighted by molar-refractivity contribution is 5.97. The second-order valence-electron chi connectivity index (χ2n) is 5.69. The van der Waals surface area contributed by atoms with Crippen LogP contribution in [0.2, 0.25) is 0 Å². The summed E-state index contributed by atoms with van der Waals surface area (Å²) in [5.74, 6) is -0.138. The van der Waals surface area contributed by atoms with E-state index >= 15 is 0 Å². The maximum Gasteiger partial charge on any atom is 0.159 e. The van der Waals surface area contributed by atoms with Crippen LogP contribution in [0.25, 0.3) is 0 Å². The van der Waals surface area contributed by atoms with Crippen molar-refractivity contribution in [2.75, 3.05) is 5.01 Å². The topological polar surface area (TPSA) is 66.8 Å². The van der Waals surface area contributed by atoms with Crippen LogP contribution < -0.4 is 5.01 Å². The normalized spacial score (nSPS) is 12.9. The molecule has 0 atom stereocenters. The van der Waals surface area contributed by atoms with Crippen LogP contribution in [0, 0.1) is 4.91 Å². The molecule has 23 heavy (non-hydrogen) atoms. The number of benzene rings is 2. The van der Waals surface area contributed by atoms with Crippen LogP contribution in [0.15, 0.2) is 41.7 Å². The smallest absolute Gasteiger partial charge is 0.159 e. The van der Waals surface area contributed by atoms with Crippen molar-refractivity contribution in [3.8, 4) is 0 Å². The van der Waals surface area contributed by atoms with Gasteiger partial charge in [0, 0.05) is 11.1 Å². The second kappa shape index (κ2) is 5.76. The Labute approximate surface area is 133 Å². The minimum absolute atomic E-state index is 0.0689. The van der Waals surface area contributed by atoms with Crippen LogP contribution in [-0.4, -0.2) is 11.6 Å². The fourth-order valence-corrected chi connectivity index (χ4v) is 2.87. The molecule has 0 bridgehead atoms. The molecule has 5 nitrogen and oxygen atoms in total. The molecule has 0 fully saturated rings. The minimum atomic E-state index is -0.0689. The van der Waals surface area contributed by atoms with Gasteiger partial charge in [-0.25, -0.2) is 0 Å². The van der Waals surface area contributed by atoms with E-state index in [0.717, 1.165) is 24.0 Å². The SMILES string of the molecule is CC(=O)c1ccc2c(c1)N(N=O)c1cc(C(C)=O)ccc1CC2. The van der Waals surface area contributed by atoms with Gasteiger partial charge >= 0.3 is 0 Å². The number of carbonyl (C=O) groups is 2. The summed E-state index contributed by atoms with van der Waals surface area (Å²) in [5, 5.41) is 4.44. The van der Waals surface area contributed by atoms with Gasteiger partial charge in [0.2, 0.25) is 0 Å². The number of hydrogen-bond acceptors (Lipinski definition) is 4. The van der Waals surface area contributed by atoms with Gasteiger partial charge in [0.15, 0.2) is 11.6 Å². The molecule has 1 aliphatic heterocycles. The molecule has 0 aliphatic carbocycles. The van der Waals surface area contributed by atoms with Gasteiger partial charge in [0.1, 0.15) is 0 Å². The Morgan fingerprint density at radius 3 is 1.65 bits per heavy atom. The Hall–Kier alpha value is -2.82. The molecule has 0 N–H and O–H groups in total. The maximum atomic E-state index is 11.6. The molecular weight excluding hydrogens is 292 g/mol. The number of Topliss-reactive ketones (excluding diaryl/α,β-unsaturated/α-hetero) is 2. The van der Waals surface area contributed by atoms with E-state index in [-0.39, 0.29) is 11.6 Å². The van der Waals surface area contributed by atoms with Gasteiger partial charge in [0.05, 0.1) is 16.7 Å². The van der Waals surface area contributed by atoms with E-state index in [1.165, 1.54) is 18.9 Å². The van der Waals surface area contributed by atoms with Crippen molar-refractivity contribution in [2.24, 2.45) is 5.29 Å². The third kappa shape index (κ3) is 2.65. The fraction of sp³-hybridized carbons (Fsp3) is 0.222. The molecule has 2 aromatic rings. The first kappa shape index (κ1) is 15.1. The van der Waals surface area contributed by atoms with Crippen LogP contribution >= 0.6 is 0 Å². The molecule has 0 spiro atoms. The van der Waals surface area contributed by atoms with Crippen molar-refractivity contribution in [3.05, 3.63) is 63.6 Å². The average Bonchev–Trinajstić information content (AvgIpc) is 2.69. The first-order valence-electron chi connectivity index (χ1n) is 7.42. The van der Waals surface area contributed by atoms with E-state index in [2.05, 4.69) is 5.29 Å². The molecule has 0 radical (unpaired) electrons. The van der Waals surface area contributed by atoms with Crippen molar-refractivity contribution in [2.45, 2.75) is 26.7 Å². The number of hydrogen-bond donors (Lipinski definition) is 0. The largest absolute Gasteiger partial charge is 0.295 e. The Morgan fingerprint density at radius 2 is 1.30 bits per heavy atom. The Morgan fingerprint density at radius 1 is 0.870 bits per heavy atom. The first-order chi connectivity index (χ1) is 11.0. The number of fused-ring (bicyclic) bond motifs is 2. The zero-order chi connectivity index (χ0) is 16.6. The second-order valence-corrected chi connectivity index (χ2v) is 5.69. The van der Waals surface area contributed by atoms with Gasteiger partial charge in [-0.3, -0.25) is 9.59 Å². The van der Waals surface area contributed by atoms with Gasteiger partial charge in [-0.2, -0.15) is 5.01 Å². The number of carbonyl (C=O) groups excluding carboxylic acids is 2. The molecule has 0 amide bonds. The minimum Gasteiger partial charge on any atom is -0.295 e. The van der Waals surface area contributed by atoms with Crippen LogP contribution in [-0.2, 0) is 12.8 Å². The standard InChI is InChI=1S/C18H16N2O3/c1-11(21)15-7-5-13-3-4-14-6-8-16(12(2)22)10-18(14)20(19-23)17(13)9-15/h5-10H,3-4H2,1-2H3. The number of ketones is 2. The molecule has 1 heterocycles. The number of anilines is 2. The zero-order valence-corrected chi connectivity index (χ0v) is 13.0. The van der Waals surface area contributed by atoms with Gasteiger partial charge < -0.3 is 0 Å². The lowest BCUT2D eigenvalue weighted by Crippen LogP contribution is -2.11. The predicted octanol–water partition coefficient (Wildman–Crippen LogP) is 4.01. The molecule has 0 saturated heterocycles. The van der Waals surface area contributed by atoms with Crippen LogP contribution in [0.1, 0.15) is 45.7 Å². The Bertz CT molecular complexity index is 762. The summed E-state index contributed by atoms with van der Waals surface area (Å²) in [5.41, 5.74) is 4.18. The number of aryl methyl sites for hydroxylation is 2. The lowest BCUT2D eigenvalue weighted by molar-refractivity contribution is 0.100. The van der Waals surface area contributed by atoms with Gasteiger partial charge in [-0.05, 0) is 49.9 Å². The van der Waals surface area contributed by atoms with Crippen molar-refractivity contribution >= 4 is 22.9 Å². The van der Waals surface area contributed by atoms with E-state index in [4.69, 9.17) is 0 Å². The summed E-state index contributed by atoms with van der Waals surface area (Å²) in [4.78, 5) is 34.8. The lowest BCUT2D eigenvalue weighted by atomic mass is 10.0. The molecule has 2 aromatic carbocycles. The molecule has 0 aromatic heterocycles. The summed E-state index contributed by atoms with van der Waals surface area (Å²) in [6.45, 7) is 2.97. The van der Waals surface area contributed by atoms with Gasteiger partial charge in [-0.1, -0.05) is 24.3 Å². The molecule has 0 unspecified atom stereocenters. The molecule has 1 aliphatic rings. The average molecular weight is 308 g/mol. The maximum absolute atomic E-state index is 11.6. The molecule has 5 heteroatoms. The predicted molar refractivity (Wildman–Crippen MR) is 88.2 cm³/mol.